The predicted octanol–water partition coefficient (Wildman–Crippen LogP) is 3.17. The second kappa shape index (κ2) is 8.45. The Kier molecular flexibility index (Phi) is 6.25. The zero-order valence-electron chi connectivity index (χ0n) is 12.8. The molecule has 1 N–H and O–H groups in total. The van der Waals surface area contributed by atoms with Gasteiger partial charge in [0.25, 0.3) is 0 Å². The monoisotopic (exact) mass is 285 g/mol. The molecule has 0 aliphatic carbocycles. The molecule has 112 valence electrons. The van der Waals surface area contributed by atoms with Crippen molar-refractivity contribution in [1.82, 2.24) is 5.32 Å². The van der Waals surface area contributed by atoms with Crippen LogP contribution in [0, 0.1) is 0 Å². The van der Waals surface area contributed by atoms with Crippen LogP contribution in [0.5, 0.6) is 5.75 Å². The zero-order valence-corrected chi connectivity index (χ0v) is 12.8. The largest absolute Gasteiger partial charge is 0.497 e. The molecule has 0 bridgehead atoms. The molecule has 2 aromatic rings. The molecular weight excluding hydrogens is 262 g/mol. The van der Waals surface area contributed by atoms with Crippen molar-refractivity contribution < 1.29 is 9.47 Å². The molecule has 0 saturated heterocycles. The summed E-state index contributed by atoms with van der Waals surface area (Å²) in [4.78, 5) is 0. The Labute approximate surface area is 126 Å². The summed E-state index contributed by atoms with van der Waals surface area (Å²) in [5.41, 5.74) is 3.71. The summed E-state index contributed by atoms with van der Waals surface area (Å²) < 4.78 is 10.9. The van der Waals surface area contributed by atoms with Crippen LogP contribution in [0.1, 0.15) is 16.7 Å². The molecule has 2 rings (SSSR count). The third kappa shape index (κ3) is 5.21. The minimum absolute atomic E-state index is 0.617. The maximum absolute atomic E-state index is 5.75. The van der Waals surface area contributed by atoms with Gasteiger partial charge < -0.3 is 14.8 Å². The second-order valence-corrected chi connectivity index (χ2v) is 5.01. The first-order valence-corrected chi connectivity index (χ1v) is 7.25. The molecule has 2 aromatic carbocycles. The lowest BCUT2D eigenvalue weighted by molar-refractivity contribution is 0.107. The van der Waals surface area contributed by atoms with E-state index in [-0.39, 0.29) is 0 Å². The molecule has 0 heterocycles. The van der Waals surface area contributed by atoms with Gasteiger partial charge in [0, 0.05) is 0 Å². The summed E-state index contributed by atoms with van der Waals surface area (Å²) in [7, 11) is 3.65. The van der Waals surface area contributed by atoms with E-state index in [9.17, 15) is 0 Å². The topological polar surface area (TPSA) is 30.5 Å². The third-order valence-corrected chi connectivity index (χ3v) is 3.38. The van der Waals surface area contributed by atoms with Gasteiger partial charge in [-0.05, 0) is 48.8 Å². The van der Waals surface area contributed by atoms with Gasteiger partial charge in [-0.1, -0.05) is 36.4 Å². The van der Waals surface area contributed by atoms with Crippen molar-refractivity contribution >= 4 is 0 Å². The Morgan fingerprint density at radius 2 is 1.33 bits per heavy atom. The van der Waals surface area contributed by atoms with E-state index >= 15 is 0 Å². The van der Waals surface area contributed by atoms with Crippen molar-refractivity contribution in [3.63, 3.8) is 0 Å². The fraction of sp³-hybridized carbons (Fsp3) is 0.333. The molecule has 0 aromatic heterocycles. The van der Waals surface area contributed by atoms with Crippen molar-refractivity contribution in [1.29, 1.82) is 0 Å². The van der Waals surface area contributed by atoms with E-state index in [1.165, 1.54) is 11.1 Å². The summed E-state index contributed by atoms with van der Waals surface area (Å²) in [5.74, 6) is 0.871. The number of rotatable bonds is 8. The van der Waals surface area contributed by atoms with Crippen LogP contribution in [0.25, 0.3) is 0 Å². The number of benzene rings is 2. The number of methoxy groups -OCH3 is 1. The quantitative estimate of drug-likeness (QED) is 0.808. The van der Waals surface area contributed by atoms with E-state index in [1.54, 1.807) is 7.11 Å². The molecule has 0 aliphatic heterocycles. The first-order chi connectivity index (χ1) is 10.3. The molecule has 0 unspecified atom stereocenters. The highest BCUT2D eigenvalue weighted by Gasteiger charge is 1.98. The van der Waals surface area contributed by atoms with Crippen molar-refractivity contribution in [3.8, 4) is 5.75 Å². The molecule has 0 atom stereocenters. The van der Waals surface area contributed by atoms with Crippen LogP contribution in [0.4, 0.5) is 0 Å². The van der Waals surface area contributed by atoms with Gasteiger partial charge in [-0.2, -0.15) is 0 Å². The average molecular weight is 285 g/mol. The minimum Gasteiger partial charge on any atom is -0.497 e. The van der Waals surface area contributed by atoms with Crippen molar-refractivity contribution in [2.24, 2.45) is 0 Å². The molecule has 3 heteroatoms. The molecule has 3 nitrogen and oxygen atoms in total. The van der Waals surface area contributed by atoms with Crippen LogP contribution >= 0.6 is 0 Å². The molecule has 0 saturated carbocycles. The lowest BCUT2D eigenvalue weighted by atomic mass is 10.1. The van der Waals surface area contributed by atoms with Crippen LogP contribution in [-0.4, -0.2) is 20.7 Å². The van der Waals surface area contributed by atoms with Gasteiger partial charge >= 0.3 is 0 Å². The SMILES string of the molecule is CNCCc1ccc(COCc2ccc(OC)cc2)cc1. The van der Waals surface area contributed by atoms with Gasteiger partial charge in [-0.15, -0.1) is 0 Å². The molecule has 0 spiro atoms. The Bertz CT molecular complexity index is 520. The minimum atomic E-state index is 0.617. The summed E-state index contributed by atoms with van der Waals surface area (Å²) in [6.07, 6.45) is 1.06. The second-order valence-electron chi connectivity index (χ2n) is 5.01. The smallest absolute Gasteiger partial charge is 0.118 e. The van der Waals surface area contributed by atoms with Crippen LogP contribution in [0.15, 0.2) is 48.5 Å². The zero-order chi connectivity index (χ0) is 14.9. The van der Waals surface area contributed by atoms with Crippen molar-refractivity contribution in [2.45, 2.75) is 19.6 Å². The van der Waals surface area contributed by atoms with E-state index in [4.69, 9.17) is 9.47 Å². The Hall–Kier alpha value is -1.84. The van der Waals surface area contributed by atoms with Gasteiger partial charge in [0.05, 0.1) is 20.3 Å². The van der Waals surface area contributed by atoms with Gasteiger partial charge in [0.2, 0.25) is 0 Å². The number of ether oxygens (including phenoxy) is 2. The summed E-state index contributed by atoms with van der Waals surface area (Å²) in [6.45, 7) is 2.26. The van der Waals surface area contributed by atoms with Crippen LogP contribution in [0.3, 0.4) is 0 Å². The fourth-order valence-electron chi connectivity index (χ4n) is 2.08. The van der Waals surface area contributed by atoms with Crippen molar-refractivity contribution in [3.05, 3.63) is 65.2 Å². The van der Waals surface area contributed by atoms with E-state index < -0.39 is 0 Å². The van der Waals surface area contributed by atoms with Gasteiger partial charge in [0.15, 0.2) is 0 Å². The average Bonchev–Trinajstić information content (AvgIpc) is 2.55. The number of hydrogen-bond acceptors (Lipinski definition) is 3. The fourth-order valence-corrected chi connectivity index (χ4v) is 2.08. The molecule has 21 heavy (non-hydrogen) atoms. The highest BCUT2D eigenvalue weighted by atomic mass is 16.5. The first kappa shape index (κ1) is 15.5. The third-order valence-electron chi connectivity index (χ3n) is 3.38. The highest BCUT2D eigenvalue weighted by Crippen LogP contribution is 2.13. The highest BCUT2D eigenvalue weighted by molar-refractivity contribution is 5.27. The molecule has 0 fully saturated rings. The van der Waals surface area contributed by atoms with Crippen LogP contribution in [0.2, 0.25) is 0 Å². The standard InChI is InChI=1S/C18H23NO2/c1-19-12-11-15-3-5-16(6-4-15)13-21-14-17-7-9-18(20-2)10-8-17/h3-10,19H,11-14H2,1-2H3. The first-order valence-electron chi connectivity index (χ1n) is 7.25. The summed E-state index contributed by atoms with van der Waals surface area (Å²) in [6, 6.07) is 16.6. The van der Waals surface area contributed by atoms with E-state index in [0.717, 1.165) is 24.3 Å². The lowest BCUT2D eigenvalue weighted by Gasteiger charge is -2.07. The predicted molar refractivity (Wildman–Crippen MR) is 85.6 cm³/mol. The molecule has 0 aliphatic rings. The number of nitrogens with one attached hydrogen (secondary N) is 1. The number of likely N-dealkylation sites (N-methyl/N-ethyl adjacent to an activating group) is 1. The van der Waals surface area contributed by atoms with Crippen LogP contribution in [-0.2, 0) is 24.4 Å². The maximum Gasteiger partial charge on any atom is 0.118 e. The van der Waals surface area contributed by atoms with Gasteiger partial charge in [-0.25, -0.2) is 0 Å². The Morgan fingerprint density at radius 3 is 1.86 bits per heavy atom. The van der Waals surface area contributed by atoms with E-state index in [2.05, 4.69) is 29.6 Å². The van der Waals surface area contributed by atoms with Crippen molar-refractivity contribution in [2.75, 3.05) is 20.7 Å². The van der Waals surface area contributed by atoms with E-state index in [1.807, 2.05) is 31.3 Å². The van der Waals surface area contributed by atoms with E-state index in [0.29, 0.717) is 13.2 Å². The molecule has 0 amide bonds. The van der Waals surface area contributed by atoms with Gasteiger partial charge in [0.1, 0.15) is 5.75 Å². The number of hydrogen-bond donors (Lipinski definition) is 1. The Balaban J connectivity index is 1.77. The summed E-state index contributed by atoms with van der Waals surface area (Å²) >= 11 is 0. The molecular formula is C18H23NO2. The van der Waals surface area contributed by atoms with Gasteiger partial charge in [-0.3, -0.25) is 0 Å². The van der Waals surface area contributed by atoms with Crippen LogP contribution < -0.4 is 10.1 Å². The summed E-state index contributed by atoms with van der Waals surface area (Å²) in [5, 5.41) is 3.16. The lowest BCUT2D eigenvalue weighted by Crippen LogP contribution is -2.10. The Morgan fingerprint density at radius 1 is 0.810 bits per heavy atom. The molecule has 0 radical (unpaired) electrons. The normalized spacial score (nSPS) is 10.6. The maximum atomic E-state index is 5.75.